The lowest BCUT2D eigenvalue weighted by Crippen LogP contribution is -2.35. The fourth-order valence-corrected chi connectivity index (χ4v) is 4.51. The van der Waals surface area contributed by atoms with E-state index in [2.05, 4.69) is 5.32 Å². The summed E-state index contributed by atoms with van der Waals surface area (Å²) in [4.78, 5) is 13.4. The Bertz CT molecular complexity index is 898. The summed E-state index contributed by atoms with van der Waals surface area (Å²) in [7, 11) is 1.67. The van der Waals surface area contributed by atoms with Crippen molar-refractivity contribution in [1.29, 1.82) is 0 Å². The number of carbonyl (C=O) groups is 1. The van der Waals surface area contributed by atoms with E-state index in [1.165, 1.54) is 17.8 Å². The van der Waals surface area contributed by atoms with Crippen LogP contribution < -0.4 is 10.1 Å². The molecule has 1 atom stereocenters. The molecule has 0 aliphatic carbocycles. The van der Waals surface area contributed by atoms with Gasteiger partial charge in [0.05, 0.1) is 11.3 Å². The molecule has 2 heterocycles. The average molecular weight is 403 g/mol. The van der Waals surface area contributed by atoms with Crippen LogP contribution in [0.25, 0.3) is 0 Å². The highest BCUT2D eigenvalue weighted by Gasteiger charge is 2.35. The van der Waals surface area contributed by atoms with Crippen LogP contribution in [0.5, 0.6) is 5.75 Å². The monoisotopic (exact) mass is 403 g/mol. The normalized spacial score (nSPS) is 20.8. The van der Waals surface area contributed by atoms with Crippen molar-refractivity contribution in [3.05, 3.63) is 47.8 Å². The summed E-state index contributed by atoms with van der Waals surface area (Å²) >= 11 is 1.44. The van der Waals surface area contributed by atoms with Crippen LogP contribution in [0.4, 0.5) is 10.1 Å². The van der Waals surface area contributed by atoms with Gasteiger partial charge >= 0.3 is 0 Å². The molecule has 2 aromatic carbocycles. The molecule has 1 N–H and O–H groups in total. The van der Waals surface area contributed by atoms with Crippen LogP contribution in [0, 0.1) is 5.82 Å². The van der Waals surface area contributed by atoms with Gasteiger partial charge in [0, 0.05) is 43.0 Å². The molecule has 28 heavy (non-hydrogen) atoms. The van der Waals surface area contributed by atoms with E-state index in [-0.39, 0.29) is 11.7 Å². The van der Waals surface area contributed by atoms with Crippen molar-refractivity contribution in [1.82, 2.24) is 0 Å². The van der Waals surface area contributed by atoms with E-state index < -0.39 is 11.7 Å². The molecule has 148 valence electrons. The third-order valence-corrected chi connectivity index (χ3v) is 6.17. The van der Waals surface area contributed by atoms with Crippen LogP contribution in [-0.2, 0) is 19.9 Å². The Labute approximate surface area is 167 Å². The molecule has 2 aliphatic heterocycles. The number of nitrogens with one attached hydrogen (secondary N) is 1. The molecule has 0 unspecified atom stereocenters. The molecule has 2 aromatic rings. The van der Waals surface area contributed by atoms with Gasteiger partial charge in [-0.3, -0.25) is 4.79 Å². The maximum absolute atomic E-state index is 14.4. The first kappa shape index (κ1) is 19.2. The molecular formula is C21H22FNO4S. The van der Waals surface area contributed by atoms with E-state index in [0.29, 0.717) is 37.5 Å². The van der Waals surface area contributed by atoms with Gasteiger partial charge in [-0.1, -0.05) is 11.8 Å². The highest BCUT2D eigenvalue weighted by molar-refractivity contribution is 7.99. The van der Waals surface area contributed by atoms with E-state index >= 15 is 0 Å². The van der Waals surface area contributed by atoms with E-state index in [9.17, 15) is 9.18 Å². The maximum atomic E-state index is 14.4. The molecule has 1 saturated heterocycles. The van der Waals surface area contributed by atoms with E-state index in [1.54, 1.807) is 26.2 Å². The van der Waals surface area contributed by atoms with Gasteiger partial charge in [0.1, 0.15) is 11.6 Å². The Kier molecular flexibility index (Phi) is 5.31. The summed E-state index contributed by atoms with van der Waals surface area (Å²) in [6, 6.07) is 10.6. The van der Waals surface area contributed by atoms with Crippen molar-refractivity contribution in [3.63, 3.8) is 0 Å². The number of hydrogen-bond donors (Lipinski definition) is 1. The van der Waals surface area contributed by atoms with Gasteiger partial charge in [0.2, 0.25) is 0 Å². The van der Waals surface area contributed by atoms with Crippen LogP contribution in [-0.4, -0.2) is 32.3 Å². The summed E-state index contributed by atoms with van der Waals surface area (Å²) in [5, 5.41) is 2.81. The number of carbonyl (C=O) groups excluding carboxylic acids is 1. The average Bonchev–Trinajstić information content (AvgIpc) is 2.69. The van der Waals surface area contributed by atoms with Crippen LogP contribution >= 0.6 is 11.8 Å². The summed E-state index contributed by atoms with van der Waals surface area (Å²) in [5.74, 6) is 0.161. The minimum Gasteiger partial charge on any atom is -0.479 e. The van der Waals surface area contributed by atoms with Gasteiger partial charge in [-0.25, -0.2) is 4.39 Å². The highest BCUT2D eigenvalue weighted by atomic mass is 32.2. The van der Waals surface area contributed by atoms with Gasteiger partial charge in [-0.05, 0) is 48.9 Å². The number of benzene rings is 2. The van der Waals surface area contributed by atoms with Gasteiger partial charge in [-0.15, -0.1) is 0 Å². The topological polar surface area (TPSA) is 56.8 Å². The molecular weight excluding hydrogens is 381 g/mol. The maximum Gasteiger partial charge on any atom is 0.265 e. The van der Waals surface area contributed by atoms with E-state index in [4.69, 9.17) is 14.2 Å². The zero-order valence-corrected chi connectivity index (χ0v) is 16.6. The van der Waals surface area contributed by atoms with E-state index in [1.807, 2.05) is 18.2 Å². The summed E-state index contributed by atoms with van der Waals surface area (Å²) in [6.45, 7) is 2.90. The Balaban J connectivity index is 1.61. The van der Waals surface area contributed by atoms with Gasteiger partial charge in [0.25, 0.3) is 5.91 Å². The minimum absolute atomic E-state index is 0.163. The second-order valence-corrected chi connectivity index (χ2v) is 8.14. The third-order valence-electron chi connectivity index (χ3n) is 5.21. The zero-order valence-electron chi connectivity index (χ0n) is 15.8. The van der Waals surface area contributed by atoms with Crippen LogP contribution in [0.1, 0.15) is 25.3 Å². The molecule has 7 heteroatoms. The molecule has 2 aliphatic rings. The third kappa shape index (κ3) is 3.74. The quantitative estimate of drug-likeness (QED) is 0.823. The first-order valence-corrected chi connectivity index (χ1v) is 10.0. The van der Waals surface area contributed by atoms with Crippen molar-refractivity contribution in [3.8, 4) is 5.75 Å². The Morgan fingerprint density at radius 1 is 1.18 bits per heavy atom. The summed E-state index contributed by atoms with van der Waals surface area (Å²) < 4.78 is 31.3. The number of anilines is 1. The molecule has 0 saturated carbocycles. The predicted molar refractivity (Wildman–Crippen MR) is 104 cm³/mol. The standard InChI is InChI=1S/C21H22FNO4S/c1-13-20(24)23-18-4-3-16(12-19(18)27-13)28-17-10-14(9-15(22)11-17)21(25-2)5-7-26-8-6-21/h3-4,9-13H,5-8H2,1-2H3,(H,23,24)/t13-/m0/s1. The smallest absolute Gasteiger partial charge is 0.265 e. The number of rotatable bonds is 4. The lowest BCUT2D eigenvalue weighted by molar-refractivity contribution is -0.122. The Morgan fingerprint density at radius 2 is 1.96 bits per heavy atom. The SMILES string of the molecule is COC1(c2cc(F)cc(Sc3ccc4c(c3)O[C@@H](C)C(=O)N4)c2)CCOCC1. The summed E-state index contributed by atoms with van der Waals surface area (Å²) in [5.41, 5.74) is 0.956. The minimum atomic E-state index is -0.538. The number of halogens is 1. The zero-order chi connectivity index (χ0) is 19.7. The lowest BCUT2D eigenvalue weighted by atomic mass is 9.86. The number of ether oxygens (including phenoxy) is 3. The fraction of sp³-hybridized carbons (Fsp3) is 0.381. The van der Waals surface area contributed by atoms with Crippen molar-refractivity contribution < 1.29 is 23.4 Å². The molecule has 0 radical (unpaired) electrons. The molecule has 0 aromatic heterocycles. The predicted octanol–water partition coefficient (Wildman–Crippen LogP) is 4.35. The number of methoxy groups -OCH3 is 1. The van der Waals surface area contributed by atoms with Crippen molar-refractivity contribution in [2.75, 3.05) is 25.6 Å². The van der Waals surface area contributed by atoms with Gasteiger partial charge < -0.3 is 19.5 Å². The van der Waals surface area contributed by atoms with Gasteiger partial charge in [-0.2, -0.15) is 0 Å². The molecule has 0 bridgehead atoms. The summed E-state index contributed by atoms with van der Waals surface area (Å²) in [6.07, 6.45) is 0.853. The van der Waals surface area contributed by atoms with Crippen LogP contribution in [0.3, 0.4) is 0 Å². The van der Waals surface area contributed by atoms with Crippen molar-refractivity contribution in [2.45, 2.75) is 41.3 Å². The molecule has 0 spiro atoms. The second kappa shape index (κ2) is 7.73. The van der Waals surface area contributed by atoms with Crippen molar-refractivity contribution >= 4 is 23.4 Å². The highest BCUT2D eigenvalue weighted by Crippen LogP contribution is 2.40. The fourth-order valence-electron chi connectivity index (χ4n) is 3.58. The van der Waals surface area contributed by atoms with Crippen LogP contribution in [0.2, 0.25) is 0 Å². The van der Waals surface area contributed by atoms with Crippen molar-refractivity contribution in [2.24, 2.45) is 0 Å². The molecule has 4 rings (SSSR count). The number of amides is 1. The van der Waals surface area contributed by atoms with E-state index in [0.717, 1.165) is 15.4 Å². The Morgan fingerprint density at radius 3 is 2.71 bits per heavy atom. The Hall–Kier alpha value is -2.09. The van der Waals surface area contributed by atoms with Gasteiger partial charge in [0.15, 0.2) is 6.10 Å². The number of hydrogen-bond acceptors (Lipinski definition) is 5. The second-order valence-electron chi connectivity index (χ2n) is 7.00. The molecule has 1 amide bonds. The lowest BCUT2D eigenvalue weighted by Gasteiger charge is -2.36. The number of fused-ring (bicyclic) bond motifs is 1. The first-order valence-electron chi connectivity index (χ1n) is 9.22. The van der Waals surface area contributed by atoms with Crippen LogP contribution in [0.15, 0.2) is 46.2 Å². The largest absolute Gasteiger partial charge is 0.479 e. The molecule has 1 fully saturated rings. The molecule has 5 nitrogen and oxygen atoms in total. The first-order chi connectivity index (χ1) is 13.5.